The van der Waals surface area contributed by atoms with Crippen LogP contribution in [0, 0.1) is 0 Å². The molecule has 1 aromatic carbocycles. The highest BCUT2D eigenvalue weighted by atomic mass is 79.9. The fraction of sp³-hybridized carbons (Fsp3) is 0.600. The van der Waals surface area contributed by atoms with Crippen LogP contribution in [-0.4, -0.2) is 41.3 Å². The van der Waals surface area contributed by atoms with E-state index in [2.05, 4.69) is 38.3 Å². The first-order chi connectivity index (χ1) is 9.21. The number of benzene rings is 1. The van der Waals surface area contributed by atoms with Crippen molar-refractivity contribution < 1.29 is 5.11 Å². The van der Waals surface area contributed by atoms with Crippen LogP contribution in [0.25, 0.3) is 0 Å². The average Bonchev–Trinajstić information content (AvgIpc) is 2.86. The minimum Gasteiger partial charge on any atom is -0.394 e. The number of halogens is 1. The highest BCUT2D eigenvalue weighted by Gasteiger charge is 2.41. The molecule has 3 nitrogen and oxygen atoms in total. The van der Waals surface area contributed by atoms with Crippen LogP contribution in [0.5, 0.6) is 0 Å². The van der Waals surface area contributed by atoms with Crippen molar-refractivity contribution in [3.8, 4) is 0 Å². The number of fused-ring (bicyclic) bond motifs is 1. The van der Waals surface area contributed by atoms with Crippen molar-refractivity contribution in [2.75, 3.05) is 25.0 Å². The van der Waals surface area contributed by atoms with Crippen LogP contribution in [0.15, 0.2) is 28.7 Å². The molecular formula is C15H21BrN2O. The number of hydrogen-bond donors (Lipinski definition) is 2. The number of hydrogen-bond acceptors (Lipinski definition) is 3. The molecule has 2 fully saturated rings. The van der Waals surface area contributed by atoms with E-state index in [1.54, 1.807) is 0 Å². The number of aliphatic hydroxyl groups excluding tert-OH is 1. The molecule has 2 unspecified atom stereocenters. The molecule has 0 aromatic heterocycles. The molecule has 0 saturated carbocycles. The van der Waals surface area contributed by atoms with Gasteiger partial charge in [-0.05, 0) is 50.4 Å². The second kappa shape index (κ2) is 5.43. The van der Waals surface area contributed by atoms with Crippen LogP contribution < -0.4 is 5.32 Å². The standard InChI is InChI=1S/C15H21BrN2O/c16-12-3-1-4-13(9-12)17-15(11-19)6-8-18-7-2-5-14(18)10-15/h1,3-4,9,14,17,19H,2,5-8,10-11H2. The van der Waals surface area contributed by atoms with Gasteiger partial charge in [0.25, 0.3) is 0 Å². The Balaban J connectivity index is 1.76. The molecule has 2 atom stereocenters. The summed E-state index contributed by atoms with van der Waals surface area (Å²) >= 11 is 3.50. The largest absolute Gasteiger partial charge is 0.394 e. The minimum absolute atomic E-state index is 0.147. The third-order valence-electron chi connectivity index (χ3n) is 4.54. The van der Waals surface area contributed by atoms with Crippen molar-refractivity contribution in [3.63, 3.8) is 0 Å². The Hall–Kier alpha value is -0.580. The lowest BCUT2D eigenvalue weighted by molar-refractivity contribution is 0.0964. The van der Waals surface area contributed by atoms with E-state index in [1.165, 1.54) is 19.4 Å². The van der Waals surface area contributed by atoms with E-state index in [1.807, 2.05) is 12.1 Å². The summed E-state index contributed by atoms with van der Waals surface area (Å²) in [5, 5.41) is 13.5. The molecule has 0 bridgehead atoms. The van der Waals surface area contributed by atoms with Gasteiger partial charge in [-0.1, -0.05) is 22.0 Å². The fourth-order valence-electron chi connectivity index (χ4n) is 3.50. The van der Waals surface area contributed by atoms with Crippen molar-refractivity contribution in [3.05, 3.63) is 28.7 Å². The number of nitrogens with zero attached hydrogens (tertiary/aromatic N) is 1. The number of nitrogens with one attached hydrogen (secondary N) is 1. The molecule has 2 heterocycles. The molecule has 19 heavy (non-hydrogen) atoms. The van der Waals surface area contributed by atoms with Crippen molar-refractivity contribution in [2.45, 2.75) is 37.3 Å². The summed E-state index contributed by atoms with van der Waals surface area (Å²) in [6, 6.07) is 8.86. The second-order valence-corrected chi connectivity index (χ2v) is 6.78. The highest BCUT2D eigenvalue weighted by Crippen LogP contribution is 2.35. The number of anilines is 1. The smallest absolute Gasteiger partial charge is 0.0662 e. The summed E-state index contributed by atoms with van der Waals surface area (Å²) in [5.41, 5.74) is 0.946. The molecule has 0 amide bonds. The van der Waals surface area contributed by atoms with Crippen LogP contribution in [0.1, 0.15) is 25.7 Å². The van der Waals surface area contributed by atoms with Crippen molar-refractivity contribution in [1.82, 2.24) is 4.90 Å². The predicted molar refractivity (Wildman–Crippen MR) is 81.4 cm³/mol. The molecule has 2 saturated heterocycles. The van der Waals surface area contributed by atoms with Gasteiger partial charge in [-0.25, -0.2) is 0 Å². The van der Waals surface area contributed by atoms with E-state index >= 15 is 0 Å². The lowest BCUT2D eigenvalue weighted by Gasteiger charge is -2.44. The second-order valence-electron chi connectivity index (χ2n) is 5.86. The van der Waals surface area contributed by atoms with Crippen LogP contribution in [0.2, 0.25) is 0 Å². The molecule has 2 aliphatic heterocycles. The summed E-state index contributed by atoms with van der Waals surface area (Å²) in [6.07, 6.45) is 4.66. The Morgan fingerprint density at radius 2 is 2.32 bits per heavy atom. The third kappa shape index (κ3) is 2.81. The zero-order valence-corrected chi connectivity index (χ0v) is 12.7. The summed E-state index contributed by atoms with van der Waals surface area (Å²) in [6.45, 7) is 2.55. The van der Waals surface area contributed by atoms with Gasteiger partial charge in [0.15, 0.2) is 0 Å². The van der Waals surface area contributed by atoms with Gasteiger partial charge in [0, 0.05) is 22.7 Å². The number of rotatable bonds is 3. The lowest BCUT2D eigenvalue weighted by Crippen LogP contribution is -2.54. The fourth-order valence-corrected chi connectivity index (χ4v) is 3.90. The zero-order chi connectivity index (χ0) is 13.3. The van der Waals surface area contributed by atoms with E-state index in [-0.39, 0.29) is 12.1 Å². The van der Waals surface area contributed by atoms with Crippen molar-refractivity contribution >= 4 is 21.6 Å². The minimum atomic E-state index is -0.147. The molecule has 0 radical (unpaired) electrons. The van der Waals surface area contributed by atoms with Gasteiger partial charge in [-0.3, -0.25) is 0 Å². The van der Waals surface area contributed by atoms with Crippen LogP contribution >= 0.6 is 15.9 Å². The molecule has 104 valence electrons. The molecule has 0 aliphatic carbocycles. The van der Waals surface area contributed by atoms with Gasteiger partial charge in [-0.2, -0.15) is 0 Å². The maximum absolute atomic E-state index is 9.90. The molecule has 3 rings (SSSR count). The molecule has 2 N–H and O–H groups in total. The first-order valence-corrected chi connectivity index (χ1v) is 7.89. The van der Waals surface area contributed by atoms with E-state index in [9.17, 15) is 5.11 Å². The molecular weight excluding hydrogens is 304 g/mol. The Bertz CT molecular complexity index is 454. The highest BCUT2D eigenvalue weighted by molar-refractivity contribution is 9.10. The van der Waals surface area contributed by atoms with Crippen molar-refractivity contribution in [2.24, 2.45) is 0 Å². The Morgan fingerprint density at radius 1 is 1.42 bits per heavy atom. The summed E-state index contributed by atoms with van der Waals surface area (Å²) in [5.74, 6) is 0. The van der Waals surface area contributed by atoms with E-state index in [0.717, 1.165) is 29.5 Å². The lowest BCUT2D eigenvalue weighted by atomic mass is 9.83. The Kier molecular flexibility index (Phi) is 3.83. The number of piperidine rings is 1. The quantitative estimate of drug-likeness (QED) is 0.897. The summed E-state index contributed by atoms with van der Waals surface area (Å²) in [7, 11) is 0. The Morgan fingerprint density at radius 3 is 3.11 bits per heavy atom. The third-order valence-corrected chi connectivity index (χ3v) is 5.03. The average molecular weight is 325 g/mol. The summed E-state index contributed by atoms with van der Waals surface area (Å²) in [4.78, 5) is 2.58. The normalized spacial score (nSPS) is 31.2. The summed E-state index contributed by atoms with van der Waals surface area (Å²) < 4.78 is 1.07. The number of aliphatic hydroxyl groups is 1. The Labute approximate surface area is 123 Å². The van der Waals surface area contributed by atoms with E-state index < -0.39 is 0 Å². The van der Waals surface area contributed by atoms with Gasteiger partial charge in [0.1, 0.15) is 0 Å². The van der Waals surface area contributed by atoms with Gasteiger partial charge < -0.3 is 15.3 Å². The van der Waals surface area contributed by atoms with Gasteiger partial charge in [0.2, 0.25) is 0 Å². The molecule has 2 aliphatic rings. The van der Waals surface area contributed by atoms with Crippen LogP contribution in [0.3, 0.4) is 0 Å². The molecule has 4 heteroatoms. The molecule has 0 spiro atoms. The predicted octanol–water partition coefficient (Wildman–Crippen LogP) is 2.85. The van der Waals surface area contributed by atoms with Crippen molar-refractivity contribution in [1.29, 1.82) is 0 Å². The molecule has 1 aromatic rings. The monoisotopic (exact) mass is 324 g/mol. The zero-order valence-electron chi connectivity index (χ0n) is 11.1. The van der Waals surface area contributed by atoms with Gasteiger partial charge in [0.05, 0.1) is 12.1 Å². The van der Waals surface area contributed by atoms with E-state index in [0.29, 0.717) is 6.04 Å². The van der Waals surface area contributed by atoms with Crippen LogP contribution in [-0.2, 0) is 0 Å². The van der Waals surface area contributed by atoms with Gasteiger partial charge in [-0.15, -0.1) is 0 Å². The first-order valence-electron chi connectivity index (χ1n) is 7.09. The topological polar surface area (TPSA) is 35.5 Å². The van der Waals surface area contributed by atoms with Crippen LogP contribution in [0.4, 0.5) is 5.69 Å². The van der Waals surface area contributed by atoms with Gasteiger partial charge >= 0.3 is 0 Å². The SMILES string of the molecule is OCC1(Nc2cccc(Br)c2)CCN2CCCC2C1. The maximum atomic E-state index is 9.90. The van der Waals surface area contributed by atoms with E-state index in [4.69, 9.17) is 0 Å². The maximum Gasteiger partial charge on any atom is 0.0662 e. The first kappa shape index (κ1) is 13.4.